The molecule has 1 aliphatic rings. The second-order valence-electron chi connectivity index (χ2n) is 6.68. The highest BCUT2D eigenvalue weighted by Crippen LogP contribution is 2.27. The van der Waals surface area contributed by atoms with Crippen molar-refractivity contribution in [2.24, 2.45) is 5.16 Å². The van der Waals surface area contributed by atoms with Crippen molar-refractivity contribution in [3.63, 3.8) is 0 Å². The molecule has 1 atom stereocenters. The van der Waals surface area contributed by atoms with Crippen LogP contribution in [-0.2, 0) is 16.2 Å². The quantitative estimate of drug-likeness (QED) is 0.751. The number of rotatable bonds is 4. The van der Waals surface area contributed by atoms with Crippen molar-refractivity contribution in [1.82, 2.24) is 10.3 Å². The molecule has 2 heterocycles. The third kappa shape index (κ3) is 3.08. The summed E-state index contributed by atoms with van der Waals surface area (Å²) in [7, 11) is 0. The lowest BCUT2D eigenvalue weighted by Gasteiger charge is -2.08. The largest absolute Gasteiger partial charge is 0.387 e. The number of carbonyl (C=O) groups excluding carboxylic acids is 1. The summed E-state index contributed by atoms with van der Waals surface area (Å²) in [5, 5.41) is 8.11. The highest BCUT2D eigenvalue weighted by molar-refractivity contribution is 6.39. The zero-order valence-corrected chi connectivity index (χ0v) is 14.9. The number of hydrogen-bond donors (Lipinski definition) is 2. The average Bonchev–Trinajstić information content (AvgIpc) is 3.27. The molecule has 0 fully saturated rings. The molecule has 0 saturated carbocycles. The fourth-order valence-electron chi connectivity index (χ4n) is 3.26. The van der Waals surface area contributed by atoms with Gasteiger partial charge in [0.05, 0.1) is 0 Å². The van der Waals surface area contributed by atoms with Crippen LogP contribution in [0.5, 0.6) is 0 Å². The zero-order chi connectivity index (χ0) is 18.1. The number of hydrogen-bond acceptors (Lipinski definition) is 3. The Bertz CT molecular complexity index is 989. The Morgan fingerprint density at radius 1 is 1.23 bits per heavy atom. The molecule has 3 aromatic rings. The maximum absolute atomic E-state index is 12.4. The number of carbonyl (C=O) groups is 1. The minimum Gasteiger partial charge on any atom is -0.387 e. The minimum absolute atomic E-state index is 0.175. The van der Waals surface area contributed by atoms with Crippen molar-refractivity contribution >= 4 is 22.5 Å². The van der Waals surface area contributed by atoms with Crippen molar-refractivity contribution in [2.75, 3.05) is 0 Å². The number of benzene rings is 2. The molecule has 1 aromatic heterocycles. The van der Waals surface area contributed by atoms with Crippen molar-refractivity contribution in [3.05, 3.63) is 70.9 Å². The minimum atomic E-state index is -0.182. The second-order valence-corrected chi connectivity index (χ2v) is 6.68. The van der Waals surface area contributed by atoms with Gasteiger partial charge in [-0.15, -0.1) is 0 Å². The number of oxime groups is 1. The Balaban J connectivity index is 1.39. The van der Waals surface area contributed by atoms with Gasteiger partial charge in [-0.05, 0) is 42.7 Å². The maximum atomic E-state index is 12.4. The van der Waals surface area contributed by atoms with Crippen LogP contribution >= 0.6 is 0 Å². The summed E-state index contributed by atoms with van der Waals surface area (Å²) in [6.45, 7) is 4.64. The lowest BCUT2D eigenvalue weighted by atomic mass is 10.0. The van der Waals surface area contributed by atoms with Gasteiger partial charge < -0.3 is 15.1 Å². The molecule has 5 heteroatoms. The van der Waals surface area contributed by atoms with E-state index in [-0.39, 0.29) is 12.0 Å². The number of nitrogens with one attached hydrogen (secondary N) is 2. The third-order valence-corrected chi connectivity index (χ3v) is 4.93. The normalized spacial score (nSPS) is 16.4. The molecule has 1 amide bonds. The molecule has 4 rings (SSSR count). The van der Waals surface area contributed by atoms with E-state index in [4.69, 9.17) is 4.84 Å². The summed E-state index contributed by atoms with van der Waals surface area (Å²) in [6, 6.07) is 16.0. The van der Waals surface area contributed by atoms with E-state index in [1.807, 2.05) is 36.4 Å². The summed E-state index contributed by atoms with van der Waals surface area (Å²) in [4.78, 5) is 21.2. The van der Waals surface area contributed by atoms with E-state index < -0.39 is 0 Å². The Morgan fingerprint density at radius 3 is 2.85 bits per heavy atom. The van der Waals surface area contributed by atoms with Gasteiger partial charge in [0.1, 0.15) is 5.71 Å². The number of aromatic nitrogens is 1. The molecule has 26 heavy (non-hydrogen) atoms. The van der Waals surface area contributed by atoms with Gasteiger partial charge in [-0.3, -0.25) is 4.79 Å². The molecular formula is C21H21N3O2. The highest BCUT2D eigenvalue weighted by Gasteiger charge is 2.27. The maximum Gasteiger partial charge on any atom is 0.269 e. The molecule has 0 saturated heterocycles. The summed E-state index contributed by atoms with van der Waals surface area (Å²) < 4.78 is 0. The molecule has 0 bridgehead atoms. The first-order chi connectivity index (χ1) is 12.6. The molecular weight excluding hydrogens is 326 g/mol. The Labute approximate surface area is 152 Å². The number of fused-ring (bicyclic) bond motifs is 1. The average molecular weight is 347 g/mol. The van der Waals surface area contributed by atoms with Crippen LogP contribution in [0.4, 0.5) is 0 Å². The molecule has 2 N–H and O–H groups in total. The van der Waals surface area contributed by atoms with Gasteiger partial charge in [0.25, 0.3) is 5.91 Å². The smallest absolute Gasteiger partial charge is 0.269 e. The van der Waals surface area contributed by atoms with E-state index in [0.29, 0.717) is 18.7 Å². The van der Waals surface area contributed by atoms with Crippen LogP contribution in [0, 0.1) is 13.8 Å². The summed E-state index contributed by atoms with van der Waals surface area (Å²) >= 11 is 0. The lowest BCUT2D eigenvalue weighted by molar-refractivity contribution is -0.115. The zero-order valence-electron chi connectivity index (χ0n) is 14.9. The van der Waals surface area contributed by atoms with E-state index in [0.717, 1.165) is 16.6 Å². The van der Waals surface area contributed by atoms with Crippen molar-refractivity contribution in [3.8, 4) is 0 Å². The van der Waals surface area contributed by atoms with Crippen molar-refractivity contribution in [1.29, 1.82) is 0 Å². The van der Waals surface area contributed by atoms with Gasteiger partial charge in [0.2, 0.25) is 0 Å². The molecule has 5 nitrogen and oxygen atoms in total. The highest BCUT2D eigenvalue weighted by atomic mass is 16.6. The lowest BCUT2D eigenvalue weighted by Crippen LogP contribution is -2.29. The number of aryl methyl sites for hydroxylation is 2. The Kier molecular flexibility index (Phi) is 4.21. The SMILES string of the molecule is Cc1[nH]c2ccc(CNC(=O)C3=NO[C@H](c4ccccc4)C3)cc2c1C. The molecule has 0 spiro atoms. The fourth-order valence-corrected chi connectivity index (χ4v) is 3.26. The predicted molar refractivity (Wildman–Crippen MR) is 102 cm³/mol. The van der Waals surface area contributed by atoms with E-state index in [9.17, 15) is 4.79 Å². The summed E-state index contributed by atoms with van der Waals surface area (Å²) in [5.41, 5.74) is 6.07. The molecule has 2 aromatic carbocycles. The van der Waals surface area contributed by atoms with Gasteiger partial charge in [-0.25, -0.2) is 0 Å². The molecule has 0 aliphatic carbocycles. The van der Waals surface area contributed by atoms with Gasteiger partial charge >= 0.3 is 0 Å². The number of nitrogens with zero attached hydrogens (tertiary/aromatic N) is 1. The third-order valence-electron chi connectivity index (χ3n) is 4.93. The predicted octanol–water partition coefficient (Wildman–Crippen LogP) is 3.92. The number of H-pyrrole nitrogens is 1. The van der Waals surface area contributed by atoms with Gasteiger partial charge in [-0.1, -0.05) is 41.6 Å². The van der Waals surface area contributed by atoms with E-state index in [2.05, 4.69) is 41.4 Å². The van der Waals surface area contributed by atoms with Crippen molar-refractivity contribution in [2.45, 2.75) is 32.9 Å². The molecule has 0 radical (unpaired) electrons. The topological polar surface area (TPSA) is 66.5 Å². The second kappa shape index (κ2) is 6.67. The first kappa shape index (κ1) is 16.4. The van der Waals surface area contributed by atoms with Crippen LogP contribution in [0.3, 0.4) is 0 Å². The van der Waals surface area contributed by atoms with Crippen LogP contribution < -0.4 is 5.32 Å². The number of amides is 1. The van der Waals surface area contributed by atoms with Crippen LogP contribution in [0.25, 0.3) is 10.9 Å². The Morgan fingerprint density at radius 2 is 2.04 bits per heavy atom. The van der Waals surface area contributed by atoms with E-state index in [1.54, 1.807) is 0 Å². The standard InChI is InChI=1S/C21H21N3O2/c1-13-14(2)23-18-9-8-15(10-17(13)18)12-22-21(25)19-11-20(26-24-19)16-6-4-3-5-7-16/h3-10,20,23H,11-12H2,1-2H3,(H,22,25)/t20-/m0/s1. The van der Waals surface area contributed by atoms with Gasteiger partial charge in [0, 0.05) is 29.6 Å². The van der Waals surface area contributed by atoms with Gasteiger partial charge in [0.15, 0.2) is 6.10 Å². The van der Waals surface area contributed by atoms with Crippen molar-refractivity contribution < 1.29 is 9.63 Å². The van der Waals surface area contributed by atoms with Crippen LogP contribution in [-0.4, -0.2) is 16.6 Å². The molecule has 132 valence electrons. The monoisotopic (exact) mass is 347 g/mol. The number of aromatic amines is 1. The van der Waals surface area contributed by atoms with Crippen LogP contribution in [0.1, 0.15) is 34.9 Å². The first-order valence-electron chi connectivity index (χ1n) is 8.75. The first-order valence-corrected chi connectivity index (χ1v) is 8.75. The van der Waals surface area contributed by atoms with E-state index >= 15 is 0 Å². The Hall–Kier alpha value is -3.08. The van der Waals surface area contributed by atoms with Gasteiger partial charge in [-0.2, -0.15) is 0 Å². The summed E-state index contributed by atoms with van der Waals surface area (Å²) in [5.74, 6) is -0.175. The van der Waals surface area contributed by atoms with Crippen LogP contribution in [0.15, 0.2) is 53.7 Å². The fraction of sp³-hybridized carbons (Fsp3) is 0.238. The molecule has 1 aliphatic heterocycles. The summed E-state index contributed by atoms with van der Waals surface area (Å²) in [6.07, 6.45) is 0.309. The molecule has 0 unspecified atom stereocenters. The van der Waals surface area contributed by atoms with E-state index in [1.165, 1.54) is 16.6 Å². The van der Waals surface area contributed by atoms with Crippen LogP contribution in [0.2, 0.25) is 0 Å².